The molecule has 1 saturated carbocycles. The van der Waals surface area contributed by atoms with E-state index in [1.165, 1.54) is 0 Å². The number of aromatic amines is 1. The maximum atomic E-state index is 14.2. The molecule has 3 heterocycles. The van der Waals surface area contributed by atoms with Gasteiger partial charge in [0.1, 0.15) is 11.5 Å². The van der Waals surface area contributed by atoms with Gasteiger partial charge >= 0.3 is 12.2 Å². The Morgan fingerprint density at radius 3 is 2.65 bits per heavy atom. The van der Waals surface area contributed by atoms with Crippen LogP contribution in [0.15, 0.2) is 22.8 Å². The van der Waals surface area contributed by atoms with Crippen molar-refractivity contribution >= 4 is 23.0 Å². The molecule has 0 unspecified atom stereocenters. The van der Waals surface area contributed by atoms with E-state index in [0.29, 0.717) is 16.6 Å². The molecule has 2 aromatic heterocycles. The largest absolute Gasteiger partial charge is 0.416 e. The van der Waals surface area contributed by atoms with E-state index in [1.54, 1.807) is 18.2 Å². The van der Waals surface area contributed by atoms with E-state index < -0.39 is 67.0 Å². The van der Waals surface area contributed by atoms with Crippen molar-refractivity contribution in [3.8, 4) is 0 Å². The number of fused-ring (bicyclic) bond motifs is 1. The Balaban J connectivity index is 1.51. The van der Waals surface area contributed by atoms with Crippen molar-refractivity contribution in [2.75, 3.05) is 19.7 Å². The van der Waals surface area contributed by atoms with Gasteiger partial charge < -0.3 is 25.7 Å². The lowest BCUT2D eigenvalue weighted by Gasteiger charge is -2.38. The van der Waals surface area contributed by atoms with E-state index >= 15 is 0 Å². The summed E-state index contributed by atoms with van der Waals surface area (Å²) in [6.45, 7) is -0.384. The summed E-state index contributed by atoms with van der Waals surface area (Å²) in [4.78, 5) is 33.0. The third-order valence-electron chi connectivity index (χ3n) is 7.13. The highest BCUT2D eigenvalue weighted by molar-refractivity contribution is 5.92. The predicted molar refractivity (Wildman–Crippen MR) is 127 cm³/mol. The van der Waals surface area contributed by atoms with Crippen LogP contribution in [0, 0.1) is 5.92 Å². The summed E-state index contributed by atoms with van der Waals surface area (Å²) in [5.41, 5.74) is 3.61. The summed E-state index contributed by atoms with van der Waals surface area (Å²) in [6.07, 6.45) is -3.18. The second-order valence-corrected chi connectivity index (χ2v) is 10.6. The standard InChI is InChI=1S/C24H26F5N7O4/c1-22(2,24(27,28)29)39-8-13(16-17(19(30)37)35-40-34-16)20-32-14-6-5-12(7-15(14)33-20)18(11-3-4-11)36-10-23(25,26)9-31-21(36)38/h5-7,11,13,18H,3-4,8-10H2,1-2H3,(H2,30,37)(H,31,38)(H,32,33)/t13-,18-/m1/s1. The summed E-state index contributed by atoms with van der Waals surface area (Å²) in [5.74, 6) is -5.21. The molecule has 5 rings (SSSR count). The summed E-state index contributed by atoms with van der Waals surface area (Å²) < 4.78 is 78.6. The van der Waals surface area contributed by atoms with Crippen LogP contribution in [0.5, 0.6) is 0 Å². The number of carbonyl (C=O) groups excluding carboxylic acids is 2. The average molecular weight is 572 g/mol. The van der Waals surface area contributed by atoms with Crippen molar-refractivity contribution in [3.05, 3.63) is 41.0 Å². The molecule has 2 atom stereocenters. The maximum absolute atomic E-state index is 14.2. The Hall–Kier alpha value is -3.82. The van der Waals surface area contributed by atoms with Crippen LogP contribution in [0.4, 0.5) is 26.7 Å². The van der Waals surface area contributed by atoms with E-state index in [0.717, 1.165) is 31.6 Å². The molecule has 2 fully saturated rings. The summed E-state index contributed by atoms with van der Waals surface area (Å²) in [5, 5.41) is 9.38. The summed E-state index contributed by atoms with van der Waals surface area (Å²) in [6, 6.07) is 3.72. The van der Waals surface area contributed by atoms with E-state index in [4.69, 9.17) is 10.5 Å². The fraction of sp³-hybridized carbons (Fsp3) is 0.542. The number of amides is 3. The van der Waals surface area contributed by atoms with Crippen LogP contribution in [0.3, 0.4) is 0 Å². The molecular weight excluding hydrogens is 545 g/mol. The van der Waals surface area contributed by atoms with Crippen LogP contribution in [0.25, 0.3) is 11.0 Å². The van der Waals surface area contributed by atoms with Crippen molar-refractivity contribution in [1.82, 2.24) is 30.5 Å². The molecule has 0 spiro atoms. The van der Waals surface area contributed by atoms with E-state index in [-0.39, 0.29) is 17.4 Å². The SMILES string of the molecule is CC(C)(OC[C@@H](c1nc2ccc([C@@H](C3CC3)N3CC(F)(F)CNC3=O)cc2[nH]1)c1nonc1C(N)=O)C(F)(F)F. The van der Waals surface area contributed by atoms with Crippen LogP contribution in [-0.4, -0.2) is 74.5 Å². The molecule has 3 aromatic rings. The van der Waals surface area contributed by atoms with Gasteiger partial charge in [-0.3, -0.25) is 4.79 Å². The van der Waals surface area contributed by atoms with E-state index in [9.17, 15) is 31.5 Å². The lowest BCUT2D eigenvalue weighted by atomic mass is 9.99. The first kappa shape index (κ1) is 27.7. The Bertz CT molecular complexity index is 1430. The number of ether oxygens (including phenoxy) is 1. The van der Waals surface area contributed by atoms with Crippen molar-refractivity contribution in [3.63, 3.8) is 0 Å². The molecule has 0 radical (unpaired) electrons. The van der Waals surface area contributed by atoms with Gasteiger partial charge in [0, 0.05) is 0 Å². The number of nitrogens with two attached hydrogens (primary N) is 1. The maximum Gasteiger partial charge on any atom is 0.416 e. The first-order valence-corrected chi connectivity index (χ1v) is 12.4. The molecule has 0 bridgehead atoms. The molecule has 40 heavy (non-hydrogen) atoms. The van der Waals surface area contributed by atoms with Crippen molar-refractivity contribution in [2.24, 2.45) is 11.7 Å². The Kier molecular flexibility index (Phi) is 6.71. The second-order valence-electron chi connectivity index (χ2n) is 10.6. The molecular formula is C24H26F5N7O4. The molecule has 1 aliphatic carbocycles. The number of aromatic nitrogens is 4. The highest BCUT2D eigenvalue weighted by atomic mass is 19.4. The van der Waals surface area contributed by atoms with Gasteiger partial charge in [0.25, 0.3) is 11.8 Å². The number of hydrogen-bond acceptors (Lipinski definition) is 7. The third kappa shape index (κ3) is 5.31. The Morgan fingerprint density at radius 2 is 2.00 bits per heavy atom. The zero-order valence-corrected chi connectivity index (χ0v) is 21.4. The van der Waals surface area contributed by atoms with Gasteiger partial charge in [0.15, 0.2) is 11.3 Å². The zero-order chi connectivity index (χ0) is 29.0. The number of rotatable bonds is 9. The highest BCUT2D eigenvalue weighted by Crippen LogP contribution is 2.46. The summed E-state index contributed by atoms with van der Waals surface area (Å²) in [7, 11) is 0. The quantitative estimate of drug-likeness (QED) is 0.332. The first-order valence-electron chi connectivity index (χ1n) is 12.4. The van der Waals surface area contributed by atoms with Crippen molar-refractivity contribution in [1.29, 1.82) is 0 Å². The minimum absolute atomic E-state index is 0.00966. The molecule has 1 aliphatic heterocycles. The van der Waals surface area contributed by atoms with Gasteiger partial charge in [0.2, 0.25) is 0 Å². The number of carbonyl (C=O) groups is 2. The molecule has 11 nitrogen and oxygen atoms in total. The fourth-order valence-corrected chi connectivity index (χ4v) is 4.68. The van der Waals surface area contributed by atoms with Crippen LogP contribution in [0.2, 0.25) is 0 Å². The second kappa shape index (κ2) is 9.67. The smallest absolute Gasteiger partial charge is 0.365 e. The number of nitrogens with zero attached hydrogens (tertiary/aromatic N) is 4. The minimum Gasteiger partial charge on any atom is -0.365 e. The molecule has 1 aromatic carbocycles. The Morgan fingerprint density at radius 1 is 1.27 bits per heavy atom. The molecule has 2 aliphatic rings. The zero-order valence-electron chi connectivity index (χ0n) is 21.4. The van der Waals surface area contributed by atoms with E-state index in [2.05, 4.69) is 30.2 Å². The molecule has 1 saturated heterocycles. The number of benzene rings is 1. The lowest BCUT2D eigenvalue weighted by Crippen LogP contribution is -2.58. The third-order valence-corrected chi connectivity index (χ3v) is 7.13. The normalized spacial score (nSPS) is 19.5. The number of H-pyrrole nitrogens is 1. The number of halogens is 5. The van der Waals surface area contributed by atoms with Gasteiger partial charge in [-0.05, 0) is 55.5 Å². The van der Waals surface area contributed by atoms with Crippen molar-refractivity contribution in [2.45, 2.75) is 56.3 Å². The topological polar surface area (TPSA) is 152 Å². The van der Waals surface area contributed by atoms with Gasteiger partial charge in [-0.25, -0.2) is 23.2 Å². The van der Waals surface area contributed by atoms with E-state index in [1.807, 2.05) is 0 Å². The van der Waals surface area contributed by atoms with Crippen LogP contribution in [0.1, 0.15) is 66.2 Å². The number of alkyl halides is 5. The molecule has 16 heteroatoms. The van der Waals surface area contributed by atoms with Gasteiger partial charge in [-0.1, -0.05) is 11.2 Å². The van der Waals surface area contributed by atoms with Crippen molar-refractivity contribution < 1.29 is 40.9 Å². The monoisotopic (exact) mass is 571 g/mol. The fourth-order valence-electron chi connectivity index (χ4n) is 4.68. The highest BCUT2D eigenvalue weighted by Gasteiger charge is 2.49. The van der Waals surface area contributed by atoms with Crippen LogP contribution >= 0.6 is 0 Å². The predicted octanol–water partition coefficient (Wildman–Crippen LogP) is 3.65. The first-order chi connectivity index (χ1) is 18.7. The van der Waals surface area contributed by atoms with Crippen LogP contribution in [-0.2, 0) is 4.74 Å². The number of primary amides is 1. The molecule has 216 valence electrons. The number of imidazole rings is 1. The number of hydrogen-bond donors (Lipinski definition) is 3. The van der Waals surface area contributed by atoms with Gasteiger partial charge in [0.05, 0.1) is 42.7 Å². The number of nitrogens with one attached hydrogen (secondary N) is 2. The molecule has 4 N–H and O–H groups in total. The summed E-state index contributed by atoms with van der Waals surface area (Å²) >= 11 is 0. The Labute approximate surface area is 223 Å². The average Bonchev–Trinajstić information content (AvgIpc) is 3.40. The minimum atomic E-state index is -4.70. The number of urea groups is 1. The lowest BCUT2D eigenvalue weighted by molar-refractivity contribution is -0.264. The van der Waals surface area contributed by atoms with Gasteiger partial charge in [-0.15, -0.1) is 0 Å². The van der Waals surface area contributed by atoms with Crippen LogP contribution < -0.4 is 11.1 Å². The van der Waals surface area contributed by atoms with Gasteiger partial charge in [-0.2, -0.15) is 13.2 Å². The molecule has 3 amide bonds.